The number of hydrogen-bond donors (Lipinski definition) is 2. The summed E-state index contributed by atoms with van der Waals surface area (Å²) in [6.45, 7) is 8.41. The summed E-state index contributed by atoms with van der Waals surface area (Å²) in [6.07, 6.45) is 2.64. The molecule has 0 aliphatic heterocycles. The van der Waals surface area contributed by atoms with Crippen LogP contribution < -0.4 is 15.4 Å². The second kappa shape index (κ2) is 7.61. The van der Waals surface area contributed by atoms with Crippen LogP contribution in [0.3, 0.4) is 0 Å². The molecule has 0 saturated heterocycles. The Kier molecular flexibility index (Phi) is 6.12. The Morgan fingerprint density at radius 2 is 2.16 bits per heavy atom. The molecule has 0 fully saturated rings. The predicted molar refractivity (Wildman–Crippen MR) is 76.4 cm³/mol. The number of nitrogens with one attached hydrogen (secondary N) is 2. The van der Waals surface area contributed by atoms with Crippen molar-refractivity contribution in [1.29, 1.82) is 0 Å². The third-order valence-electron chi connectivity index (χ3n) is 2.43. The van der Waals surface area contributed by atoms with Gasteiger partial charge in [0, 0.05) is 12.7 Å². The molecule has 0 radical (unpaired) electrons. The lowest BCUT2D eigenvalue weighted by atomic mass is 10.2. The second-order valence-electron chi connectivity index (χ2n) is 4.68. The van der Waals surface area contributed by atoms with Crippen LogP contribution in [0, 0.1) is 0 Å². The Balaban J connectivity index is 2.67. The minimum Gasteiger partial charge on any atom is -0.473 e. The zero-order valence-corrected chi connectivity index (χ0v) is 12.1. The maximum absolute atomic E-state index is 11.8. The van der Waals surface area contributed by atoms with Crippen LogP contribution in [-0.4, -0.2) is 29.6 Å². The van der Waals surface area contributed by atoms with Gasteiger partial charge in [-0.2, -0.15) is 0 Å². The molecule has 0 bridgehead atoms. The molecule has 19 heavy (non-hydrogen) atoms. The van der Waals surface area contributed by atoms with Gasteiger partial charge in [0.1, 0.15) is 6.04 Å². The van der Waals surface area contributed by atoms with Gasteiger partial charge in [0.25, 0.3) is 0 Å². The minimum absolute atomic E-state index is 0.0267. The third-order valence-corrected chi connectivity index (χ3v) is 2.43. The Labute approximate surface area is 114 Å². The normalized spacial score (nSPS) is 12.1. The van der Waals surface area contributed by atoms with E-state index in [-0.39, 0.29) is 18.1 Å². The average Bonchev–Trinajstić information content (AvgIpc) is 2.37. The number of rotatable bonds is 7. The molecule has 0 saturated carbocycles. The van der Waals surface area contributed by atoms with Crippen LogP contribution in [-0.2, 0) is 4.79 Å². The van der Waals surface area contributed by atoms with Crippen molar-refractivity contribution in [2.75, 3.05) is 11.9 Å². The summed E-state index contributed by atoms with van der Waals surface area (Å²) in [5.74, 6) is 0.494. The van der Waals surface area contributed by atoms with Crippen LogP contribution in [0.25, 0.3) is 0 Å². The van der Waals surface area contributed by atoms with Crippen LogP contribution in [0.2, 0.25) is 0 Å². The fourth-order valence-corrected chi connectivity index (χ4v) is 1.52. The fraction of sp³-hybridized carbons (Fsp3) is 0.571. The van der Waals surface area contributed by atoms with E-state index in [2.05, 4.69) is 15.6 Å². The SMILES string of the molecule is CCCNC(=O)C(C)Nc1cccnc1OC(C)C. The Hall–Kier alpha value is -1.78. The van der Waals surface area contributed by atoms with Crippen molar-refractivity contribution < 1.29 is 9.53 Å². The summed E-state index contributed by atoms with van der Waals surface area (Å²) in [6, 6.07) is 3.34. The largest absolute Gasteiger partial charge is 0.473 e. The summed E-state index contributed by atoms with van der Waals surface area (Å²) in [4.78, 5) is 16.0. The Morgan fingerprint density at radius 3 is 2.79 bits per heavy atom. The van der Waals surface area contributed by atoms with Gasteiger partial charge in [0.05, 0.1) is 11.8 Å². The number of nitrogens with zero attached hydrogens (tertiary/aromatic N) is 1. The van der Waals surface area contributed by atoms with Crippen molar-refractivity contribution in [3.8, 4) is 5.88 Å². The lowest BCUT2D eigenvalue weighted by Gasteiger charge is -2.18. The predicted octanol–water partition coefficient (Wildman–Crippen LogP) is 2.20. The van der Waals surface area contributed by atoms with Gasteiger partial charge in [-0.3, -0.25) is 4.79 Å². The number of anilines is 1. The topological polar surface area (TPSA) is 63.2 Å². The highest BCUT2D eigenvalue weighted by molar-refractivity contribution is 5.84. The maximum Gasteiger partial charge on any atom is 0.242 e. The van der Waals surface area contributed by atoms with Crippen molar-refractivity contribution in [3.63, 3.8) is 0 Å². The van der Waals surface area contributed by atoms with Gasteiger partial charge in [-0.15, -0.1) is 0 Å². The van der Waals surface area contributed by atoms with E-state index in [1.54, 1.807) is 6.20 Å². The van der Waals surface area contributed by atoms with Crippen molar-refractivity contribution in [3.05, 3.63) is 18.3 Å². The third kappa shape index (κ3) is 5.16. The lowest BCUT2D eigenvalue weighted by Crippen LogP contribution is -2.38. The molecule has 1 aromatic rings. The summed E-state index contributed by atoms with van der Waals surface area (Å²) >= 11 is 0. The van der Waals surface area contributed by atoms with E-state index in [0.29, 0.717) is 12.4 Å². The maximum atomic E-state index is 11.8. The Bertz CT molecular complexity index is 407. The number of carbonyl (C=O) groups excluding carboxylic acids is 1. The number of amides is 1. The van der Waals surface area contributed by atoms with Crippen molar-refractivity contribution >= 4 is 11.6 Å². The summed E-state index contributed by atoms with van der Waals surface area (Å²) in [5.41, 5.74) is 0.732. The zero-order valence-electron chi connectivity index (χ0n) is 12.1. The van der Waals surface area contributed by atoms with E-state index in [1.165, 1.54) is 0 Å². The van der Waals surface area contributed by atoms with Gasteiger partial charge in [-0.25, -0.2) is 4.98 Å². The first-order valence-electron chi connectivity index (χ1n) is 6.70. The van der Waals surface area contributed by atoms with E-state index in [0.717, 1.165) is 12.1 Å². The van der Waals surface area contributed by atoms with Gasteiger partial charge in [-0.05, 0) is 39.3 Å². The molecule has 5 nitrogen and oxygen atoms in total. The first-order chi connectivity index (χ1) is 9.04. The summed E-state index contributed by atoms with van der Waals surface area (Å²) < 4.78 is 5.60. The van der Waals surface area contributed by atoms with E-state index in [9.17, 15) is 4.79 Å². The Morgan fingerprint density at radius 1 is 1.42 bits per heavy atom. The molecule has 0 aliphatic rings. The molecule has 106 valence electrons. The van der Waals surface area contributed by atoms with E-state index < -0.39 is 0 Å². The molecule has 0 aromatic carbocycles. The standard InChI is InChI=1S/C14H23N3O2/c1-5-8-15-13(18)11(4)17-12-7-6-9-16-14(12)19-10(2)3/h6-7,9-11,17H,5,8H2,1-4H3,(H,15,18). The molecule has 1 rings (SSSR count). The summed E-state index contributed by atoms with van der Waals surface area (Å²) in [5, 5.41) is 5.97. The van der Waals surface area contributed by atoms with E-state index in [1.807, 2.05) is 39.8 Å². The number of ether oxygens (including phenoxy) is 1. The molecule has 1 unspecified atom stereocenters. The molecule has 5 heteroatoms. The highest BCUT2D eigenvalue weighted by Crippen LogP contribution is 2.22. The van der Waals surface area contributed by atoms with Crippen LogP contribution in [0.1, 0.15) is 34.1 Å². The van der Waals surface area contributed by atoms with Gasteiger partial charge < -0.3 is 15.4 Å². The van der Waals surface area contributed by atoms with Crippen LogP contribution in [0.4, 0.5) is 5.69 Å². The van der Waals surface area contributed by atoms with Gasteiger partial charge in [-0.1, -0.05) is 6.92 Å². The average molecular weight is 265 g/mol. The molecule has 0 aliphatic carbocycles. The number of carbonyl (C=O) groups is 1. The molecular weight excluding hydrogens is 242 g/mol. The van der Waals surface area contributed by atoms with Gasteiger partial charge >= 0.3 is 0 Å². The quantitative estimate of drug-likeness (QED) is 0.793. The molecule has 1 atom stereocenters. The molecule has 1 aromatic heterocycles. The van der Waals surface area contributed by atoms with Crippen LogP contribution in [0.15, 0.2) is 18.3 Å². The van der Waals surface area contributed by atoms with Crippen molar-refractivity contribution in [1.82, 2.24) is 10.3 Å². The fourth-order valence-electron chi connectivity index (χ4n) is 1.52. The second-order valence-corrected chi connectivity index (χ2v) is 4.68. The van der Waals surface area contributed by atoms with Gasteiger partial charge in [0.15, 0.2) is 0 Å². The van der Waals surface area contributed by atoms with Crippen LogP contribution >= 0.6 is 0 Å². The summed E-state index contributed by atoms with van der Waals surface area (Å²) in [7, 11) is 0. The van der Waals surface area contributed by atoms with Crippen LogP contribution in [0.5, 0.6) is 5.88 Å². The van der Waals surface area contributed by atoms with E-state index in [4.69, 9.17) is 4.74 Å². The number of hydrogen-bond acceptors (Lipinski definition) is 4. The van der Waals surface area contributed by atoms with Crippen molar-refractivity contribution in [2.45, 2.75) is 46.3 Å². The first kappa shape index (κ1) is 15.3. The first-order valence-corrected chi connectivity index (χ1v) is 6.70. The molecular formula is C14H23N3O2. The van der Waals surface area contributed by atoms with Gasteiger partial charge in [0.2, 0.25) is 11.8 Å². The highest BCUT2D eigenvalue weighted by Gasteiger charge is 2.15. The number of pyridine rings is 1. The zero-order chi connectivity index (χ0) is 14.3. The molecule has 1 amide bonds. The van der Waals surface area contributed by atoms with Crippen molar-refractivity contribution in [2.24, 2.45) is 0 Å². The van der Waals surface area contributed by atoms with E-state index >= 15 is 0 Å². The molecule has 1 heterocycles. The number of aromatic nitrogens is 1. The molecule has 0 spiro atoms. The smallest absolute Gasteiger partial charge is 0.242 e. The lowest BCUT2D eigenvalue weighted by molar-refractivity contribution is -0.121. The monoisotopic (exact) mass is 265 g/mol. The minimum atomic E-state index is -0.328. The highest BCUT2D eigenvalue weighted by atomic mass is 16.5. The molecule has 2 N–H and O–H groups in total.